The molecule has 0 aromatic carbocycles. The van der Waals surface area contributed by atoms with Crippen LogP contribution in [-0.4, -0.2) is 67.3 Å². The Kier molecular flexibility index (Phi) is 5.31. The van der Waals surface area contributed by atoms with Gasteiger partial charge in [-0.15, -0.1) is 11.3 Å². The van der Waals surface area contributed by atoms with Gasteiger partial charge in [0.1, 0.15) is 17.8 Å². The van der Waals surface area contributed by atoms with Gasteiger partial charge in [0.2, 0.25) is 0 Å². The standard InChI is InChI=1S/C18H26N2O5S/c21-10-13-15(22)12(2-7-24-13)20-17(23)14-9-11-1-8-25-18(16(11)26-14)3-5-19-6-4-18/h9,12-13,15,19,21-22H,1-8,10H2,(H,20,23)/t12-,13+,15-/m0/s1. The minimum atomic E-state index is -0.897. The number of carbonyl (C=O) groups is 1. The Labute approximate surface area is 156 Å². The van der Waals surface area contributed by atoms with Crippen LogP contribution in [-0.2, 0) is 21.5 Å². The van der Waals surface area contributed by atoms with Gasteiger partial charge >= 0.3 is 0 Å². The maximum absolute atomic E-state index is 12.8. The number of aliphatic hydroxyl groups excluding tert-OH is 2. The van der Waals surface area contributed by atoms with Gasteiger partial charge in [0.25, 0.3) is 5.91 Å². The molecule has 1 aromatic heterocycles. The van der Waals surface area contributed by atoms with Crippen molar-refractivity contribution in [2.24, 2.45) is 0 Å². The Morgan fingerprint density at radius 3 is 2.96 bits per heavy atom. The summed E-state index contributed by atoms with van der Waals surface area (Å²) in [5.74, 6) is -0.170. The van der Waals surface area contributed by atoms with E-state index in [1.807, 2.05) is 6.07 Å². The van der Waals surface area contributed by atoms with Crippen LogP contribution in [0.1, 0.15) is 39.4 Å². The van der Waals surface area contributed by atoms with Gasteiger partial charge in [-0.3, -0.25) is 4.79 Å². The van der Waals surface area contributed by atoms with Crippen LogP contribution in [0, 0.1) is 0 Å². The molecule has 0 unspecified atom stereocenters. The molecule has 2 fully saturated rings. The molecule has 144 valence electrons. The summed E-state index contributed by atoms with van der Waals surface area (Å²) in [7, 11) is 0. The number of carbonyl (C=O) groups excluding carboxylic acids is 1. The lowest BCUT2D eigenvalue weighted by atomic mass is 9.86. The van der Waals surface area contributed by atoms with E-state index in [4.69, 9.17) is 9.47 Å². The van der Waals surface area contributed by atoms with Crippen LogP contribution in [0.5, 0.6) is 0 Å². The average molecular weight is 382 g/mol. The molecule has 4 heterocycles. The number of nitrogens with one attached hydrogen (secondary N) is 2. The van der Waals surface area contributed by atoms with E-state index in [1.165, 1.54) is 21.8 Å². The third-order valence-electron chi connectivity index (χ3n) is 5.66. The summed E-state index contributed by atoms with van der Waals surface area (Å²) in [6, 6.07) is 1.58. The zero-order valence-electron chi connectivity index (χ0n) is 14.7. The van der Waals surface area contributed by atoms with Crippen LogP contribution in [0.15, 0.2) is 6.07 Å². The fourth-order valence-electron chi connectivity index (χ4n) is 4.17. The third-order valence-corrected chi connectivity index (χ3v) is 7.02. The average Bonchev–Trinajstić information content (AvgIpc) is 3.10. The van der Waals surface area contributed by atoms with E-state index in [1.54, 1.807) is 0 Å². The van der Waals surface area contributed by atoms with Gasteiger partial charge in [-0.2, -0.15) is 0 Å². The van der Waals surface area contributed by atoms with Crippen molar-refractivity contribution in [2.45, 2.75) is 49.5 Å². The summed E-state index contributed by atoms with van der Waals surface area (Å²) in [5, 5.41) is 25.8. The molecule has 3 aliphatic heterocycles. The highest BCUT2D eigenvalue weighted by Gasteiger charge is 2.41. The second kappa shape index (κ2) is 7.53. The number of aliphatic hydroxyl groups is 2. The Balaban J connectivity index is 1.51. The largest absolute Gasteiger partial charge is 0.394 e. The van der Waals surface area contributed by atoms with Crippen LogP contribution < -0.4 is 10.6 Å². The molecule has 0 radical (unpaired) electrons. The number of amides is 1. The first-order valence-electron chi connectivity index (χ1n) is 9.32. The minimum absolute atomic E-state index is 0.170. The molecule has 1 spiro atoms. The maximum atomic E-state index is 12.8. The van der Waals surface area contributed by atoms with Crippen molar-refractivity contribution in [3.8, 4) is 0 Å². The Hall–Kier alpha value is -1.03. The summed E-state index contributed by atoms with van der Waals surface area (Å²) in [6.45, 7) is 2.71. The summed E-state index contributed by atoms with van der Waals surface area (Å²) in [4.78, 5) is 14.6. The summed E-state index contributed by atoms with van der Waals surface area (Å²) >= 11 is 1.52. The molecule has 1 aromatic rings. The SMILES string of the molecule is O=C(N[C@H]1CCO[C@H](CO)[C@H]1O)c1cc2c(s1)C1(CCNCC1)OCC2. The van der Waals surface area contributed by atoms with Crippen molar-refractivity contribution < 1.29 is 24.5 Å². The smallest absolute Gasteiger partial charge is 0.261 e. The molecule has 0 saturated carbocycles. The molecule has 7 nitrogen and oxygen atoms in total. The molecule has 4 N–H and O–H groups in total. The van der Waals surface area contributed by atoms with E-state index in [0.29, 0.717) is 24.5 Å². The van der Waals surface area contributed by atoms with Crippen LogP contribution >= 0.6 is 11.3 Å². The van der Waals surface area contributed by atoms with Gasteiger partial charge in [0.05, 0.1) is 24.1 Å². The van der Waals surface area contributed by atoms with Gasteiger partial charge < -0.3 is 30.3 Å². The lowest BCUT2D eigenvalue weighted by molar-refractivity contribution is -0.107. The summed E-state index contributed by atoms with van der Waals surface area (Å²) in [6.07, 6.45) is 1.69. The van der Waals surface area contributed by atoms with Crippen LogP contribution in [0.3, 0.4) is 0 Å². The van der Waals surface area contributed by atoms with E-state index in [9.17, 15) is 15.0 Å². The second-order valence-electron chi connectivity index (χ2n) is 7.26. The zero-order chi connectivity index (χ0) is 18.1. The van der Waals surface area contributed by atoms with E-state index in [-0.39, 0.29) is 18.1 Å². The number of hydrogen-bond donors (Lipinski definition) is 4. The lowest BCUT2D eigenvalue weighted by Gasteiger charge is -2.40. The lowest BCUT2D eigenvalue weighted by Crippen LogP contribution is -2.54. The number of rotatable bonds is 3. The van der Waals surface area contributed by atoms with Crippen LogP contribution in [0.25, 0.3) is 0 Å². The van der Waals surface area contributed by atoms with Crippen molar-refractivity contribution in [1.29, 1.82) is 0 Å². The molecule has 4 rings (SSSR count). The molecular weight excluding hydrogens is 356 g/mol. The highest BCUT2D eigenvalue weighted by molar-refractivity contribution is 7.14. The van der Waals surface area contributed by atoms with E-state index in [0.717, 1.165) is 32.4 Å². The summed E-state index contributed by atoms with van der Waals surface area (Å²) < 4.78 is 11.5. The predicted octanol–water partition coefficient (Wildman–Crippen LogP) is 0.140. The highest BCUT2D eigenvalue weighted by atomic mass is 32.1. The number of fused-ring (bicyclic) bond motifs is 2. The third kappa shape index (κ3) is 3.30. The number of ether oxygens (including phenoxy) is 2. The maximum Gasteiger partial charge on any atom is 0.261 e. The van der Waals surface area contributed by atoms with Crippen LogP contribution in [0.2, 0.25) is 0 Å². The molecule has 0 bridgehead atoms. The quantitative estimate of drug-likeness (QED) is 0.594. The second-order valence-corrected chi connectivity index (χ2v) is 8.31. The predicted molar refractivity (Wildman–Crippen MR) is 96.5 cm³/mol. The highest BCUT2D eigenvalue weighted by Crippen LogP contribution is 2.44. The molecule has 2 saturated heterocycles. The Morgan fingerprint density at radius 2 is 2.19 bits per heavy atom. The van der Waals surface area contributed by atoms with E-state index >= 15 is 0 Å². The van der Waals surface area contributed by atoms with Gasteiger partial charge in [-0.05, 0) is 50.4 Å². The molecule has 0 aliphatic carbocycles. The van der Waals surface area contributed by atoms with Crippen molar-refractivity contribution >= 4 is 17.2 Å². The van der Waals surface area contributed by atoms with Crippen molar-refractivity contribution in [3.05, 3.63) is 21.4 Å². The molecule has 3 atom stereocenters. The fraction of sp³-hybridized carbons (Fsp3) is 0.722. The van der Waals surface area contributed by atoms with Crippen molar-refractivity contribution in [3.63, 3.8) is 0 Å². The Bertz CT molecular complexity index is 658. The zero-order valence-corrected chi connectivity index (χ0v) is 15.5. The van der Waals surface area contributed by atoms with E-state index in [2.05, 4.69) is 10.6 Å². The van der Waals surface area contributed by atoms with Crippen LogP contribution in [0.4, 0.5) is 0 Å². The van der Waals surface area contributed by atoms with Crippen molar-refractivity contribution in [1.82, 2.24) is 10.6 Å². The summed E-state index contributed by atoms with van der Waals surface area (Å²) in [5.41, 5.74) is 0.969. The van der Waals surface area contributed by atoms with Gasteiger partial charge in [-0.25, -0.2) is 0 Å². The first-order valence-corrected chi connectivity index (χ1v) is 10.1. The molecule has 3 aliphatic rings. The van der Waals surface area contributed by atoms with Gasteiger partial charge in [0, 0.05) is 11.5 Å². The van der Waals surface area contributed by atoms with Crippen molar-refractivity contribution in [2.75, 3.05) is 32.9 Å². The Morgan fingerprint density at radius 1 is 1.38 bits per heavy atom. The minimum Gasteiger partial charge on any atom is -0.394 e. The monoisotopic (exact) mass is 382 g/mol. The molecular formula is C18H26N2O5S. The first kappa shape index (κ1) is 18.3. The molecule has 26 heavy (non-hydrogen) atoms. The number of hydrogen-bond acceptors (Lipinski definition) is 7. The number of thiophene rings is 1. The van der Waals surface area contributed by atoms with E-state index < -0.39 is 18.2 Å². The number of piperidine rings is 1. The first-order chi connectivity index (χ1) is 12.6. The molecule has 8 heteroatoms. The van der Waals surface area contributed by atoms with Gasteiger partial charge in [-0.1, -0.05) is 0 Å². The van der Waals surface area contributed by atoms with Gasteiger partial charge in [0.15, 0.2) is 0 Å². The topological polar surface area (TPSA) is 100 Å². The molecule has 1 amide bonds. The normalized spacial score (nSPS) is 30.8. The fourth-order valence-corrected chi connectivity index (χ4v) is 5.48.